The number of thiophene rings is 1. The van der Waals surface area contributed by atoms with Gasteiger partial charge in [0, 0.05) is 17.5 Å². The van der Waals surface area contributed by atoms with E-state index in [4.69, 9.17) is 0 Å². The zero-order valence-electron chi connectivity index (χ0n) is 8.97. The van der Waals surface area contributed by atoms with E-state index in [9.17, 15) is 0 Å². The van der Waals surface area contributed by atoms with E-state index in [-0.39, 0.29) is 0 Å². The molecule has 84 valence electrons. The van der Waals surface area contributed by atoms with Gasteiger partial charge in [-0.3, -0.25) is 0 Å². The Labute approximate surface area is 98.3 Å². The molecule has 1 unspecified atom stereocenters. The van der Waals surface area contributed by atoms with E-state index in [0.29, 0.717) is 6.04 Å². The maximum Gasteiger partial charge on any atom is 0.0897 e. The summed E-state index contributed by atoms with van der Waals surface area (Å²) >= 11 is 1.71. The topological polar surface area (TPSA) is 42.7 Å². The molecule has 0 aliphatic carbocycles. The fourth-order valence-electron chi connectivity index (χ4n) is 2.17. The first-order chi connectivity index (χ1) is 7.95. The third-order valence-corrected chi connectivity index (χ3v) is 3.69. The van der Waals surface area contributed by atoms with Crippen molar-refractivity contribution in [3.8, 4) is 11.3 Å². The number of hydrogen-bond donors (Lipinski definition) is 1. The summed E-state index contributed by atoms with van der Waals surface area (Å²) < 4.78 is 2.06. The average Bonchev–Trinajstić information content (AvgIpc) is 3.01. The Morgan fingerprint density at radius 2 is 2.50 bits per heavy atom. The number of rotatable bonds is 2. The van der Waals surface area contributed by atoms with E-state index < -0.39 is 0 Å². The molecule has 1 N–H and O–H groups in total. The van der Waals surface area contributed by atoms with Gasteiger partial charge in [0.2, 0.25) is 0 Å². The predicted octanol–water partition coefficient (Wildman–Crippen LogP) is 1.93. The first-order valence-corrected chi connectivity index (χ1v) is 6.53. The maximum atomic E-state index is 4.23. The summed E-state index contributed by atoms with van der Waals surface area (Å²) in [5, 5.41) is 15.9. The van der Waals surface area contributed by atoms with Crippen LogP contribution in [0, 0.1) is 0 Å². The lowest BCUT2D eigenvalue weighted by molar-refractivity contribution is 0.344. The molecule has 2 aromatic heterocycles. The number of hydrogen-bond acceptors (Lipinski definition) is 4. The van der Waals surface area contributed by atoms with Gasteiger partial charge in [0.15, 0.2) is 0 Å². The zero-order valence-corrected chi connectivity index (χ0v) is 9.78. The van der Waals surface area contributed by atoms with Gasteiger partial charge in [-0.25, -0.2) is 4.68 Å². The molecule has 0 amide bonds. The SMILES string of the molecule is c1cc(-c2cnnn2C2CCCNC2)cs1. The molecule has 1 fully saturated rings. The minimum atomic E-state index is 0.450. The minimum Gasteiger partial charge on any atom is -0.315 e. The van der Waals surface area contributed by atoms with Gasteiger partial charge in [-0.05, 0) is 30.8 Å². The summed E-state index contributed by atoms with van der Waals surface area (Å²) in [5.74, 6) is 0. The summed E-state index contributed by atoms with van der Waals surface area (Å²) in [5.41, 5.74) is 2.36. The Morgan fingerprint density at radius 1 is 1.50 bits per heavy atom. The largest absolute Gasteiger partial charge is 0.315 e. The van der Waals surface area contributed by atoms with Crippen LogP contribution in [0.25, 0.3) is 11.3 Å². The molecule has 16 heavy (non-hydrogen) atoms. The van der Waals surface area contributed by atoms with Crippen LogP contribution in [-0.2, 0) is 0 Å². The van der Waals surface area contributed by atoms with Gasteiger partial charge in [-0.2, -0.15) is 11.3 Å². The normalized spacial score (nSPS) is 21.1. The van der Waals surface area contributed by atoms with Crippen LogP contribution in [-0.4, -0.2) is 28.1 Å². The first-order valence-electron chi connectivity index (χ1n) is 5.58. The van der Waals surface area contributed by atoms with Crippen LogP contribution < -0.4 is 5.32 Å². The third kappa shape index (κ3) is 1.76. The monoisotopic (exact) mass is 234 g/mol. The molecule has 1 atom stereocenters. The van der Waals surface area contributed by atoms with Crippen molar-refractivity contribution in [1.29, 1.82) is 0 Å². The summed E-state index contributed by atoms with van der Waals surface area (Å²) in [6, 6.07) is 2.57. The van der Waals surface area contributed by atoms with Gasteiger partial charge in [0.05, 0.1) is 17.9 Å². The molecule has 0 spiro atoms. The van der Waals surface area contributed by atoms with Crippen molar-refractivity contribution >= 4 is 11.3 Å². The van der Waals surface area contributed by atoms with Crippen LogP contribution in [0.1, 0.15) is 18.9 Å². The molecule has 0 saturated carbocycles. The number of aromatic nitrogens is 3. The van der Waals surface area contributed by atoms with E-state index in [1.807, 2.05) is 6.20 Å². The summed E-state index contributed by atoms with van der Waals surface area (Å²) in [7, 11) is 0. The highest BCUT2D eigenvalue weighted by Crippen LogP contribution is 2.25. The molecule has 4 nitrogen and oxygen atoms in total. The molecule has 1 aliphatic heterocycles. The van der Waals surface area contributed by atoms with Crippen molar-refractivity contribution in [2.24, 2.45) is 0 Å². The zero-order chi connectivity index (χ0) is 10.8. The fourth-order valence-corrected chi connectivity index (χ4v) is 2.82. The Morgan fingerprint density at radius 3 is 3.25 bits per heavy atom. The van der Waals surface area contributed by atoms with E-state index in [1.54, 1.807) is 11.3 Å². The lowest BCUT2D eigenvalue weighted by Crippen LogP contribution is -2.32. The van der Waals surface area contributed by atoms with Crippen LogP contribution >= 0.6 is 11.3 Å². The molecule has 1 aliphatic rings. The van der Waals surface area contributed by atoms with Crippen LogP contribution in [0.5, 0.6) is 0 Å². The average molecular weight is 234 g/mol. The van der Waals surface area contributed by atoms with Crippen molar-refractivity contribution in [3.05, 3.63) is 23.0 Å². The van der Waals surface area contributed by atoms with E-state index >= 15 is 0 Å². The predicted molar refractivity (Wildman–Crippen MR) is 64.5 cm³/mol. The van der Waals surface area contributed by atoms with E-state index in [0.717, 1.165) is 18.8 Å². The van der Waals surface area contributed by atoms with Crippen LogP contribution in [0.15, 0.2) is 23.0 Å². The van der Waals surface area contributed by atoms with Gasteiger partial charge in [-0.1, -0.05) is 5.21 Å². The standard InChI is InChI=1S/C11H14N4S/c1-2-10(6-12-4-1)15-11(7-13-14-15)9-3-5-16-8-9/h3,5,7-8,10,12H,1-2,4,6H2. The minimum absolute atomic E-state index is 0.450. The highest BCUT2D eigenvalue weighted by atomic mass is 32.1. The van der Waals surface area contributed by atoms with Crippen molar-refractivity contribution in [3.63, 3.8) is 0 Å². The third-order valence-electron chi connectivity index (χ3n) is 3.01. The highest BCUT2D eigenvalue weighted by Gasteiger charge is 2.19. The van der Waals surface area contributed by atoms with Gasteiger partial charge in [0.1, 0.15) is 0 Å². The molecule has 0 bridgehead atoms. The van der Waals surface area contributed by atoms with Crippen LogP contribution in [0.3, 0.4) is 0 Å². The van der Waals surface area contributed by atoms with Crippen LogP contribution in [0.4, 0.5) is 0 Å². The van der Waals surface area contributed by atoms with Crippen LogP contribution in [0.2, 0.25) is 0 Å². The molecule has 0 aromatic carbocycles. The second kappa shape index (κ2) is 4.35. The molecule has 2 aromatic rings. The van der Waals surface area contributed by atoms with Crippen molar-refractivity contribution in [2.75, 3.05) is 13.1 Å². The van der Waals surface area contributed by atoms with E-state index in [1.165, 1.54) is 18.4 Å². The Balaban J connectivity index is 1.92. The summed E-state index contributed by atoms with van der Waals surface area (Å²) in [4.78, 5) is 0. The van der Waals surface area contributed by atoms with Gasteiger partial charge >= 0.3 is 0 Å². The maximum absolute atomic E-state index is 4.23. The molecular weight excluding hydrogens is 220 g/mol. The molecule has 0 radical (unpaired) electrons. The van der Waals surface area contributed by atoms with Gasteiger partial charge < -0.3 is 5.32 Å². The number of piperidine rings is 1. The Hall–Kier alpha value is -1.20. The van der Waals surface area contributed by atoms with E-state index in [2.05, 4.69) is 37.1 Å². The second-order valence-corrected chi connectivity index (χ2v) is 4.86. The second-order valence-electron chi connectivity index (χ2n) is 4.08. The summed E-state index contributed by atoms with van der Waals surface area (Å²) in [6.45, 7) is 2.12. The molecule has 3 rings (SSSR count). The smallest absolute Gasteiger partial charge is 0.0897 e. The lowest BCUT2D eigenvalue weighted by Gasteiger charge is -2.23. The van der Waals surface area contributed by atoms with Crippen molar-refractivity contribution < 1.29 is 0 Å². The first kappa shape index (κ1) is 9.99. The lowest BCUT2D eigenvalue weighted by atomic mass is 10.1. The van der Waals surface area contributed by atoms with Crippen molar-refractivity contribution in [2.45, 2.75) is 18.9 Å². The quantitative estimate of drug-likeness (QED) is 0.863. The molecule has 5 heteroatoms. The summed E-state index contributed by atoms with van der Waals surface area (Å²) in [6.07, 6.45) is 4.26. The van der Waals surface area contributed by atoms with Gasteiger partial charge in [-0.15, -0.1) is 5.10 Å². The van der Waals surface area contributed by atoms with Gasteiger partial charge in [0.25, 0.3) is 0 Å². The highest BCUT2D eigenvalue weighted by molar-refractivity contribution is 7.08. The Bertz CT molecular complexity index is 442. The fraction of sp³-hybridized carbons (Fsp3) is 0.455. The van der Waals surface area contributed by atoms with Crippen molar-refractivity contribution in [1.82, 2.24) is 20.3 Å². The Kier molecular flexibility index (Phi) is 2.71. The number of nitrogens with one attached hydrogen (secondary N) is 1. The molecule has 1 saturated heterocycles. The number of nitrogens with zero attached hydrogens (tertiary/aromatic N) is 3. The molecule has 3 heterocycles. The molecular formula is C11H14N4S.